The van der Waals surface area contributed by atoms with Gasteiger partial charge in [0.1, 0.15) is 5.75 Å². The van der Waals surface area contributed by atoms with Crippen molar-refractivity contribution in [2.24, 2.45) is 0 Å². The molecule has 5 nitrogen and oxygen atoms in total. The number of rotatable bonds is 4. The monoisotopic (exact) mass is 360 g/mol. The van der Waals surface area contributed by atoms with E-state index >= 15 is 0 Å². The second-order valence-electron chi connectivity index (χ2n) is 6.24. The first-order valence-electron chi connectivity index (χ1n) is 8.53. The van der Waals surface area contributed by atoms with E-state index in [1.54, 1.807) is 36.4 Å². The van der Waals surface area contributed by atoms with E-state index in [-0.39, 0.29) is 17.2 Å². The molecular formula is C22H20N2O3. The average Bonchev–Trinajstić information content (AvgIpc) is 2.65. The molecule has 0 saturated carbocycles. The Hall–Kier alpha value is -3.60. The predicted molar refractivity (Wildman–Crippen MR) is 106 cm³/mol. The second kappa shape index (κ2) is 7.74. The summed E-state index contributed by atoms with van der Waals surface area (Å²) in [5.74, 6) is -0.923. The number of aryl methyl sites for hydroxylation is 2. The number of nitrogens with one attached hydrogen (secondary N) is 2. The quantitative estimate of drug-likeness (QED) is 0.640. The Bertz CT molecular complexity index is 992. The fraction of sp³-hybridized carbons (Fsp3) is 0.0909. The number of hydrogen-bond donors (Lipinski definition) is 3. The van der Waals surface area contributed by atoms with Gasteiger partial charge in [-0.25, -0.2) is 0 Å². The van der Waals surface area contributed by atoms with Crippen molar-refractivity contribution in [3.05, 3.63) is 89.0 Å². The van der Waals surface area contributed by atoms with Gasteiger partial charge in [0.2, 0.25) is 0 Å². The van der Waals surface area contributed by atoms with Crippen LogP contribution in [0.25, 0.3) is 0 Å². The zero-order valence-corrected chi connectivity index (χ0v) is 15.1. The first-order valence-corrected chi connectivity index (χ1v) is 8.53. The molecule has 2 amide bonds. The molecular weight excluding hydrogens is 340 g/mol. The lowest BCUT2D eigenvalue weighted by Gasteiger charge is -2.14. The van der Waals surface area contributed by atoms with Crippen molar-refractivity contribution in [1.29, 1.82) is 0 Å². The Morgan fingerprint density at radius 1 is 0.704 bits per heavy atom. The molecule has 0 atom stereocenters. The Morgan fingerprint density at radius 2 is 1.26 bits per heavy atom. The molecule has 27 heavy (non-hydrogen) atoms. The zero-order chi connectivity index (χ0) is 19.4. The Labute approximate surface area is 157 Å². The number of anilines is 2. The normalized spacial score (nSPS) is 10.3. The van der Waals surface area contributed by atoms with Crippen LogP contribution in [0.3, 0.4) is 0 Å². The molecule has 3 aromatic carbocycles. The van der Waals surface area contributed by atoms with Crippen LogP contribution < -0.4 is 10.6 Å². The minimum atomic E-state index is -0.486. The summed E-state index contributed by atoms with van der Waals surface area (Å²) in [5, 5.41) is 15.5. The van der Waals surface area contributed by atoms with Crippen molar-refractivity contribution >= 4 is 23.2 Å². The lowest BCUT2D eigenvalue weighted by Crippen LogP contribution is -2.19. The molecule has 0 heterocycles. The van der Waals surface area contributed by atoms with E-state index in [0.717, 1.165) is 16.8 Å². The summed E-state index contributed by atoms with van der Waals surface area (Å²) in [6.45, 7) is 3.85. The SMILES string of the molecule is Cc1cccc(C)c1NC(=O)c1ccccc1NC(=O)c1ccccc1O. The van der Waals surface area contributed by atoms with Crippen molar-refractivity contribution in [3.63, 3.8) is 0 Å². The lowest BCUT2D eigenvalue weighted by atomic mass is 10.1. The number of phenolic OH excluding ortho intramolecular Hbond substituents is 1. The van der Waals surface area contributed by atoms with Gasteiger partial charge in [0.15, 0.2) is 0 Å². The molecule has 0 saturated heterocycles. The highest BCUT2D eigenvalue weighted by atomic mass is 16.3. The predicted octanol–water partition coefficient (Wildman–Crippen LogP) is 4.51. The summed E-state index contributed by atoms with van der Waals surface area (Å²) in [6.07, 6.45) is 0. The second-order valence-corrected chi connectivity index (χ2v) is 6.24. The van der Waals surface area contributed by atoms with Crippen molar-refractivity contribution < 1.29 is 14.7 Å². The third-order valence-electron chi connectivity index (χ3n) is 4.29. The standard InChI is InChI=1S/C22H20N2O3/c1-14-8-7-9-15(2)20(14)24-21(26)16-10-3-5-12-18(16)23-22(27)17-11-4-6-13-19(17)25/h3-13,25H,1-2H3,(H,23,27)(H,24,26). The van der Waals surface area contributed by atoms with E-state index < -0.39 is 5.91 Å². The molecule has 0 aliphatic heterocycles. The largest absolute Gasteiger partial charge is 0.507 e. The summed E-state index contributed by atoms with van der Waals surface area (Å²) in [5.41, 5.74) is 3.52. The Balaban J connectivity index is 1.87. The zero-order valence-electron chi connectivity index (χ0n) is 15.1. The molecule has 0 aliphatic rings. The maximum absolute atomic E-state index is 12.8. The third-order valence-corrected chi connectivity index (χ3v) is 4.29. The highest BCUT2D eigenvalue weighted by Crippen LogP contribution is 2.24. The number of amides is 2. The van der Waals surface area contributed by atoms with E-state index in [1.165, 1.54) is 12.1 Å². The summed E-state index contributed by atoms with van der Waals surface area (Å²) in [4.78, 5) is 25.3. The number of hydrogen-bond acceptors (Lipinski definition) is 3. The summed E-state index contributed by atoms with van der Waals surface area (Å²) >= 11 is 0. The van der Waals surface area contributed by atoms with Crippen LogP contribution in [0, 0.1) is 13.8 Å². The molecule has 3 rings (SSSR count). The average molecular weight is 360 g/mol. The van der Waals surface area contributed by atoms with E-state index in [2.05, 4.69) is 10.6 Å². The van der Waals surface area contributed by atoms with Crippen molar-refractivity contribution in [2.75, 3.05) is 10.6 Å². The van der Waals surface area contributed by atoms with E-state index in [4.69, 9.17) is 0 Å². The van der Waals surface area contributed by atoms with E-state index in [0.29, 0.717) is 11.3 Å². The van der Waals surface area contributed by atoms with Crippen molar-refractivity contribution in [1.82, 2.24) is 0 Å². The summed E-state index contributed by atoms with van der Waals surface area (Å²) in [7, 11) is 0. The molecule has 3 N–H and O–H groups in total. The van der Waals surface area contributed by atoms with E-state index in [9.17, 15) is 14.7 Å². The first kappa shape index (κ1) is 18.2. The first-order chi connectivity index (χ1) is 13.0. The fourth-order valence-corrected chi connectivity index (χ4v) is 2.84. The molecule has 5 heteroatoms. The van der Waals surface area contributed by atoms with Gasteiger partial charge in [0.25, 0.3) is 11.8 Å². The van der Waals surface area contributed by atoms with Crippen LogP contribution in [0.4, 0.5) is 11.4 Å². The maximum atomic E-state index is 12.8. The van der Waals surface area contributed by atoms with Gasteiger partial charge in [-0.1, -0.05) is 42.5 Å². The Kier molecular flexibility index (Phi) is 5.22. The number of phenols is 1. The topological polar surface area (TPSA) is 78.4 Å². The molecule has 0 radical (unpaired) electrons. The van der Waals surface area contributed by atoms with Crippen LogP contribution in [0.2, 0.25) is 0 Å². The van der Waals surface area contributed by atoms with Crippen molar-refractivity contribution in [3.8, 4) is 5.75 Å². The van der Waals surface area contributed by atoms with Crippen LogP contribution in [0.15, 0.2) is 66.7 Å². The molecule has 3 aromatic rings. The molecule has 0 bridgehead atoms. The number of benzene rings is 3. The van der Waals surface area contributed by atoms with Gasteiger partial charge in [-0.15, -0.1) is 0 Å². The van der Waals surface area contributed by atoms with Crippen LogP contribution in [-0.4, -0.2) is 16.9 Å². The van der Waals surface area contributed by atoms with Crippen molar-refractivity contribution in [2.45, 2.75) is 13.8 Å². The smallest absolute Gasteiger partial charge is 0.259 e. The Morgan fingerprint density at radius 3 is 1.93 bits per heavy atom. The van der Waals surface area contributed by atoms with Crippen LogP contribution in [0.1, 0.15) is 31.8 Å². The lowest BCUT2D eigenvalue weighted by molar-refractivity contribution is 0.102. The van der Waals surface area contributed by atoms with Gasteiger partial charge in [0, 0.05) is 5.69 Å². The van der Waals surface area contributed by atoms with E-state index in [1.807, 2.05) is 32.0 Å². The maximum Gasteiger partial charge on any atom is 0.259 e. The van der Waals surface area contributed by atoms with Crippen LogP contribution >= 0.6 is 0 Å². The number of carbonyl (C=O) groups excluding carboxylic acids is 2. The van der Waals surface area contributed by atoms with Gasteiger partial charge < -0.3 is 15.7 Å². The molecule has 0 aromatic heterocycles. The molecule has 0 unspecified atom stereocenters. The molecule has 0 spiro atoms. The number of aromatic hydroxyl groups is 1. The van der Waals surface area contributed by atoms with Gasteiger partial charge >= 0.3 is 0 Å². The van der Waals surface area contributed by atoms with Gasteiger partial charge in [0.05, 0.1) is 16.8 Å². The van der Waals surface area contributed by atoms with Crippen LogP contribution in [-0.2, 0) is 0 Å². The fourth-order valence-electron chi connectivity index (χ4n) is 2.84. The molecule has 136 valence electrons. The van der Waals surface area contributed by atoms with Gasteiger partial charge in [-0.3, -0.25) is 9.59 Å². The van der Waals surface area contributed by atoms with Crippen LogP contribution in [0.5, 0.6) is 5.75 Å². The number of carbonyl (C=O) groups is 2. The summed E-state index contributed by atoms with van der Waals surface area (Å²) < 4.78 is 0. The minimum Gasteiger partial charge on any atom is -0.507 e. The highest BCUT2D eigenvalue weighted by molar-refractivity contribution is 6.13. The molecule has 0 aliphatic carbocycles. The molecule has 0 fully saturated rings. The van der Waals surface area contributed by atoms with Gasteiger partial charge in [-0.2, -0.15) is 0 Å². The highest BCUT2D eigenvalue weighted by Gasteiger charge is 2.17. The van der Waals surface area contributed by atoms with Gasteiger partial charge in [-0.05, 0) is 49.2 Å². The third kappa shape index (κ3) is 3.98. The number of para-hydroxylation sites is 3. The minimum absolute atomic E-state index is 0.118. The summed E-state index contributed by atoms with van der Waals surface area (Å²) in [6, 6.07) is 18.8.